The van der Waals surface area contributed by atoms with Gasteiger partial charge in [0.1, 0.15) is 0 Å². The molecule has 1 aromatic rings. The molecule has 1 aliphatic carbocycles. The summed E-state index contributed by atoms with van der Waals surface area (Å²) in [6.45, 7) is 0. The number of carbonyl (C=O) groups excluding carboxylic acids is 2. The molecule has 21 heavy (non-hydrogen) atoms. The van der Waals surface area contributed by atoms with E-state index in [0.29, 0.717) is 18.4 Å². The molecule has 0 N–H and O–H groups in total. The topological polar surface area (TPSA) is 95.7 Å². The molecule has 0 saturated heterocycles. The Morgan fingerprint density at radius 1 is 1.29 bits per heavy atom. The molecule has 1 fully saturated rings. The molecule has 0 aromatic heterocycles. The first kappa shape index (κ1) is 15.0. The number of methoxy groups -OCH3 is 2. The number of esters is 2. The molecule has 0 spiro atoms. The summed E-state index contributed by atoms with van der Waals surface area (Å²) in [7, 11) is 2.41. The average Bonchev–Trinajstić information content (AvgIpc) is 2.46. The molecule has 0 radical (unpaired) electrons. The number of non-ortho nitro benzene ring substituents is 1. The van der Waals surface area contributed by atoms with E-state index in [1.807, 2.05) is 0 Å². The third kappa shape index (κ3) is 2.24. The van der Waals surface area contributed by atoms with Crippen LogP contribution < -0.4 is 0 Å². The molecule has 112 valence electrons. The van der Waals surface area contributed by atoms with Crippen LogP contribution in [0.3, 0.4) is 0 Å². The summed E-state index contributed by atoms with van der Waals surface area (Å²) in [4.78, 5) is 34.5. The fourth-order valence-electron chi connectivity index (χ4n) is 2.82. The van der Waals surface area contributed by atoms with Crippen LogP contribution in [0.5, 0.6) is 0 Å². The van der Waals surface area contributed by atoms with E-state index in [0.717, 1.165) is 0 Å². The van der Waals surface area contributed by atoms with E-state index in [1.54, 1.807) is 6.07 Å². The molecular formula is C14H15NO6. The van der Waals surface area contributed by atoms with Gasteiger partial charge in [-0.15, -0.1) is 0 Å². The number of nitrogens with zero attached hydrogens (tertiary/aromatic N) is 1. The zero-order chi connectivity index (χ0) is 15.6. The van der Waals surface area contributed by atoms with Gasteiger partial charge >= 0.3 is 11.9 Å². The number of rotatable bonds is 4. The first-order chi connectivity index (χ1) is 9.97. The van der Waals surface area contributed by atoms with Crippen LogP contribution in [0.4, 0.5) is 5.69 Å². The number of ether oxygens (including phenoxy) is 2. The van der Waals surface area contributed by atoms with E-state index >= 15 is 0 Å². The van der Waals surface area contributed by atoms with Crippen molar-refractivity contribution in [2.75, 3.05) is 14.2 Å². The summed E-state index contributed by atoms with van der Waals surface area (Å²) >= 11 is 0. The lowest BCUT2D eigenvalue weighted by Gasteiger charge is -2.44. The Morgan fingerprint density at radius 3 is 2.33 bits per heavy atom. The van der Waals surface area contributed by atoms with Crippen molar-refractivity contribution >= 4 is 17.6 Å². The molecular weight excluding hydrogens is 278 g/mol. The zero-order valence-corrected chi connectivity index (χ0v) is 11.7. The molecule has 1 saturated carbocycles. The van der Waals surface area contributed by atoms with Crippen LogP contribution in [0.1, 0.15) is 24.3 Å². The first-order valence-corrected chi connectivity index (χ1v) is 6.38. The summed E-state index contributed by atoms with van der Waals surface area (Å²) in [6, 6.07) is 5.94. The standard InChI is InChI=1S/C14H15NO6/c1-20-12(16)14(13(17)21-2)7-6-11(14)9-4-3-5-10(8-9)15(18)19/h3-5,8,11H,6-7H2,1-2H3. The largest absolute Gasteiger partial charge is 0.468 e. The number of benzene rings is 1. The number of nitro groups is 1. The molecule has 1 unspecified atom stereocenters. The molecule has 1 atom stereocenters. The molecule has 1 aliphatic rings. The number of hydrogen-bond donors (Lipinski definition) is 0. The highest BCUT2D eigenvalue weighted by Crippen LogP contribution is 2.54. The second-order valence-electron chi connectivity index (χ2n) is 4.90. The van der Waals surface area contributed by atoms with Crippen molar-refractivity contribution in [2.45, 2.75) is 18.8 Å². The van der Waals surface area contributed by atoms with Gasteiger partial charge in [-0.1, -0.05) is 12.1 Å². The maximum absolute atomic E-state index is 12.1. The predicted octanol–water partition coefficient (Wildman–Crippen LogP) is 1.80. The number of carbonyl (C=O) groups is 2. The molecule has 2 rings (SSSR count). The van der Waals surface area contributed by atoms with Crippen molar-refractivity contribution in [1.82, 2.24) is 0 Å². The molecule has 1 aromatic carbocycles. The van der Waals surface area contributed by atoms with Crippen LogP contribution in [-0.2, 0) is 19.1 Å². The van der Waals surface area contributed by atoms with Gasteiger partial charge in [-0.25, -0.2) is 0 Å². The highest BCUT2D eigenvalue weighted by Gasteiger charge is 2.61. The number of hydrogen-bond acceptors (Lipinski definition) is 6. The minimum Gasteiger partial charge on any atom is -0.468 e. The normalized spacial score (nSPS) is 19.2. The van der Waals surface area contributed by atoms with Crippen molar-refractivity contribution in [3.8, 4) is 0 Å². The first-order valence-electron chi connectivity index (χ1n) is 6.38. The Balaban J connectivity index is 2.43. The van der Waals surface area contributed by atoms with Crippen molar-refractivity contribution < 1.29 is 24.0 Å². The van der Waals surface area contributed by atoms with Gasteiger partial charge in [0.25, 0.3) is 5.69 Å². The summed E-state index contributed by atoms with van der Waals surface area (Å²) < 4.78 is 9.47. The Morgan fingerprint density at radius 2 is 1.90 bits per heavy atom. The van der Waals surface area contributed by atoms with E-state index in [9.17, 15) is 19.7 Å². The molecule has 0 amide bonds. The number of nitro benzene ring substituents is 1. The molecule has 0 heterocycles. The highest BCUT2D eigenvalue weighted by atomic mass is 16.6. The van der Waals surface area contributed by atoms with Crippen LogP contribution in [0.2, 0.25) is 0 Å². The van der Waals surface area contributed by atoms with Crippen LogP contribution >= 0.6 is 0 Å². The van der Waals surface area contributed by atoms with Crippen LogP contribution in [0.25, 0.3) is 0 Å². The SMILES string of the molecule is COC(=O)C1(C(=O)OC)CCC1c1cccc([N+](=O)[O-])c1. The van der Waals surface area contributed by atoms with Crippen molar-refractivity contribution in [1.29, 1.82) is 0 Å². The lowest BCUT2D eigenvalue weighted by molar-refractivity contribution is -0.385. The van der Waals surface area contributed by atoms with E-state index < -0.39 is 28.2 Å². The van der Waals surface area contributed by atoms with Gasteiger partial charge in [0, 0.05) is 18.1 Å². The fourth-order valence-corrected chi connectivity index (χ4v) is 2.82. The Bertz CT molecular complexity index is 581. The van der Waals surface area contributed by atoms with Crippen LogP contribution in [0.15, 0.2) is 24.3 Å². The molecule has 0 bridgehead atoms. The van der Waals surface area contributed by atoms with E-state index in [4.69, 9.17) is 9.47 Å². The Labute approximate surface area is 121 Å². The summed E-state index contributed by atoms with van der Waals surface area (Å²) in [5.74, 6) is -1.81. The summed E-state index contributed by atoms with van der Waals surface area (Å²) in [5.41, 5.74) is -0.923. The lowest BCUT2D eigenvalue weighted by atomic mass is 9.57. The van der Waals surface area contributed by atoms with E-state index in [-0.39, 0.29) is 5.69 Å². The molecule has 7 heteroatoms. The van der Waals surface area contributed by atoms with Crippen molar-refractivity contribution in [3.63, 3.8) is 0 Å². The third-order valence-electron chi connectivity index (χ3n) is 4.00. The molecule has 0 aliphatic heterocycles. The highest BCUT2D eigenvalue weighted by molar-refractivity contribution is 6.02. The van der Waals surface area contributed by atoms with Gasteiger partial charge in [0.05, 0.1) is 19.1 Å². The van der Waals surface area contributed by atoms with Crippen LogP contribution in [0, 0.1) is 15.5 Å². The van der Waals surface area contributed by atoms with Gasteiger partial charge in [0.15, 0.2) is 5.41 Å². The maximum Gasteiger partial charge on any atom is 0.323 e. The van der Waals surface area contributed by atoms with Crippen LogP contribution in [-0.4, -0.2) is 31.1 Å². The van der Waals surface area contributed by atoms with Gasteiger partial charge in [-0.3, -0.25) is 19.7 Å². The Hall–Kier alpha value is -2.44. The second-order valence-corrected chi connectivity index (χ2v) is 4.90. The quantitative estimate of drug-likeness (QED) is 0.363. The third-order valence-corrected chi connectivity index (χ3v) is 4.00. The predicted molar refractivity (Wildman–Crippen MR) is 71.5 cm³/mol. The second kappa shape index (κ2) is 5.51. The zero-order valence-electron chi connectivity index (χ0n) is 11.7. The smallest absolute Gasteiger partial charge is 0.323 e. The minimum absolute atomic E-state index is 0.0805. The van der Waals surface area contributed by atoms with Gasteiger partial charge in [-0.05, 0) is 18.4 Å². The fraction of sp³-hybridized carbons (Fsp3) is 0.429. The minimum atomic E-state index is -1.40. The monoisotopic (exact) mass is 293 g/mol. The average molecular weight is 293 g/mol. The van der Waals surface area contributed by atoms with Crippen molar-refractivity contribution in [2.24, 2.45) is 5.41 Å². The van der Waals surface area contributed by atoms with E-state index in [2.05, 4.69) is 0 Å². The maximum atomic E-state index is 12.1. The van der Waals surface area contributed by atoms with Crippen molar-refractivity contribution in [3.05, 3.63) is 39.9 Å². The summed E-state index contributed by atoms with van der Waals surface area (Å²) in [5, 5.41) is 10.8. The van der Waals surface area contributed by atoms with E-state index in [1.165, 1.54) is 32.4 Å². The summed E-state index contributed by atoms with van der Waals surface area (Å²) in [6.07, 6.45) is 0.866. The van der Waals surface area contributed by atoms with Gasteiger partial charge in [-0.2, -0.15) is 0 Å². The molecule has 7 nitrogen and oxygen atoms in total. The Kier molecular flexibility index (Phi) is 3.93. The lowest BCUT2D eigenvalue weighted by Crippen LogP contribution is -2.52. The van der Waals surface area contributed by atoms with Gasteiger partial charge < -0.3 is 9.47 Å². The van der Waals surface area contributed by atoms with Gasteiger partial charge in [0.2, 0.25) is 0 Å².